The van der Waals surface area contributed by atoms with Crippen molar-refractivity contribution in [3.63, 3.8) is 0 Å². The molecule has 3 heterocycles. The van der Waals surface area contributed by atoms with Crippen molar-refractivity contribution in [2.75, 3.05) is 29.9 Å². The first-order chi connectivity index (χ1) is 18.9. The van der Waals surface area contributed by atoms with E-state index in [0.717, 1.165) is 41.9 Å². The Morgan fingerprint density at radius 3 is 2.27 bits per heavy atom. The van der Waals surface area contributed by atoms with Gasteiger partial charge in [-0.15, -0.1) is 0 Å². The number of alkyl halides is 3. The molecule has 5 rings (SSSR count). The summed E-state index contributed by atoms with van der Waals surface area (Å²) in [5, 5.41) is 10.7. The Balaban J connectivity index is 0.000000470. The van der Waals surface area contributed by atoms with Crippen molar-refractivity contribution in [2.45, 2.75) is 70.3 Å². The highest BCUT2D eigenvalue weighted by Gasteiger charge is 2.38. The molecule has 40 heavy (non-hydrogen) atoms. The Bertz CT molecular complexity index is 1230. The monoisotopic (exact) mass is 571 g/mol. The summed E-state index contributed by atoms with van der Waals surface area (Å²) in [7, 11) is 0. The molecule has 3 aliphatic rings. The number of anilines is 2. The summed E-state index contributed by atoms with van der Waals surface area (Å²) in [6.07, 6.45) is 0.341. The van der Waals surface area contributed by atoms with Crippen LogP contribution in [0.2, 0.25) is 0 Å². The van der Waals surface area contributed by atoms with Crippen LogP contribution in [0.15, 0.2) is 18.2 Å². The third kappa shape index (κ3) is 7.27. The van der Waals surface area contributed by atoms with E-state index in [-0.39, 0.29) is 17.8 Å². The van der Waals surface area contributed by atoms with Crippen LogP contribution >= 0.6 is 0 Å². The van der Waals surface area contributed by atoms with Gasteiger partial charge in [-0.1, -0.05) is 0 Å². The van der Waals surface area contributed by atoms with Crippen LogP contribution in [0.3, 0.4) is 0 Å². The largest absolute Gasteiger partial charge is 0.490 e. The first-order valence-corrected chi connectivity index (χ1v) is 13.0. The van der Waals surface area contributed by atoms with E-state index in [1.807, 2.05) is 0 Å². The second-order valence-corrected chi connectivity index (χ2v) is 9.93. The molecule has 0 radical (unpaired) electrons. The highest BCUT2D eigenvalue weighted by Crippen LogP contribution is 2.33. The number of nitrogens with one attached hydrogen (secondary N) is 1. The SMILES string of the molecule is CC(=O)N1CCc2nc(N3CCC(Oc4ccc(F)cc4F)CC3)c(NC3CCC3)nc2C1.O=C(O)C(F)(F)F. The number of piperidine rings is 1. The molecular weight excluding hydrogens is 541 g/mol. The predicted octanol–water partition coefficient (Wildman–Crippen LogP) is 4.30. The Hall–Kier alpha value is -3.71. The second kappa shape index (κ2) is 12.2. The third-order valence-electron chi connectivity index (χ3n) is 7.05. The van der Waals surface area contributed by atoms with Crippen LogP contribution in [0, 0.1) is 11.6 Å². The summed E-state index contributed by atoms with van der Waals surface area (Å²) >= 11 is 0. The number of nitrogens with zero attached hydrogens (tertiary/aromatic N) is 4. The summed E-state index contributed by atoms with van der Waals surface area (Å²) in [5.74, 6) is -2.27. The van der Waals surface area contributed by atoms with Crippen LogP contribution in [0.5, 0.6) is 5.75 Å². The number of carbonyl (C=O) groups excluding carboxylic acids is 1. The van der Waals surface area contributed by atoms with Gasteiger partial charge < -0.3 is 25.0 Å². The van der Waals surface area contributed by atoms with Crippen LogP contribution in [-0.4, -0.2) is 69.8 Å². The Labute approximate surface area is 227 Å². The first kappa shape index (κ1) is 29.3. The number of rotatable bonds is 5. The minimum atomic E-state index is -5.08. The van der Waals surface area contributed by atoms with Crippen LogP contribution in [0.25, 0.3) is 0 Å². The summed E-state index contributed by atoms with van der Waals surface area (Å²) in [6, 6.07) is 3.81. The second-order valence-electron chi connectivity index (χ2n) is 9.93. The average Bonchev–Trinajstić information content (AvgIpc) is 2.87. The molecule has 0 spiro atoms. The van der Waals surface area contributed by atoms with Gasteiger partial charge in [-0.2, -0.15) is 13.2 Å². The molecular formula is C26H30F5N5O4. The van der Waals surface area contributed by atoms with Crippen molar-refractivity contribution < 1.29 is 41.4 Å². The summed E-state index contributed by atoms with van der Waals surface area (Å²) in [5.41, 5.74) is 1.82. The number of aromatic nitrogens is 2. The van der Waals surface area contributed by atoms with Crippen molar-refractivity contribution in [3.05, 3.63) is 41.2 Å². The van der Waals surface area contributed by atoms with E-state index in [1.165, 1.54) is 18.6 Å². The molecule has 2 fully saturated rings. The molecule has 0 unspecified atom stereocenters. The van der Waals surface area contributed by atoms with Crippen molar-refractivity contribution in [3.8, 4) is 5.75 Å². The highest BCUT2D eigenvalue weighted by atomic mass is 19.4. The van der Waals surface area contributed by atoms with Gasteiger partial charge in [-0.25, -0.2) is 23.5 Å². The summed E-state index contributed by atoms with van der Waals surface area (Å²) in [6.45, 7) is 4.16. The number of carboxylic acid groups (broad SMARTS) is 1. The Morgan fingerprint density at radius 1 is 1.05 bits per heavy atom. The van der Waals surface area contributed by atoms with E-state index in [0.29, 0.717) is 51.5 Å². The molecule has 2 N–H and O–H groups in total. The molecule has 1 saturated carbocycles. The predicted molar refractivity (Wildman–Crippen MR) is 134 cm³/mol. The minimum Gasteiger partial charge on any atom is -0.487 e. The number of ether oxygens (including phenoxy) is 1. The van der Waals surface area contributed by atoms with Crippen LogP contribution in [-0.2, 0) is 22.6 Å². The number of hydrogen-bond acceptors (Lipinski definition) is 7. The van der Waals surface area contributed by atoms with E-state index >= 15 is 0 Å². The topological polar surface area (TPSA) is 108 Å². The van der Waals surface area contributed by atoms with Crippen molar-refractivity contribution in [1.29, 1.82) is 0 Å². The number of carbonyl (C=O) groups is 2. The number of benzene rings is 1. The van der Waals surface area contributed by atoms with E-state index < -0.39 is 23.8 Å². The van der Waals surface area contributed by atoms with Gasteiger partial charge in [0, 0.05) is 57.9 Å². The normalized spacial score (nSPS) is 17.8. The number of hydrogen-bond donors (Lipinski definition) is 2. The van der Waals surface area contributed by atoms with Gasteiger partial charge in [0.2, 0.25) is 5.91 Å². The third-order valence-corrected chi connectivity index (χ3v) is 7.05. The van der Waals surface area contributed by atoms with Gasteiger partial charge in [0.05, 0.1) is 17.9 Å². The van der Waals surface area contributed by atoms with Gasteiger partial charge >= 0.3 is 12.1 Å². The molecule has 218 valence electrons. The molecule has 9 nitrogen and oxygen atoms in total. The molecule has 1 aromatic carbocycles. The maximum Gasteiger partial charge on any atom is 0.490 e. The minimum absolute atomic E-state index is 0.0553. The zero-order valence-corrected chi connectivity index (χ0v) is 21.8. The molecule has 1 aromatic heterocycles. The van der Waals surface area contributed by atoms with E-state index in [2.05, 4.69) is 10.2 Å². The van der Waals surface area contributed by atoms with E-state index in [9.17, 15) is 26.7 Å². The lowest BCUT2D eigenvalue weighted by molar-refractivity contribution is -0.192. The molecule has 1 saturated heterocycles. The van der Waals surface area contributed by atoms with Crippen LogP contribution in [0.4, 0.5) is 33.6 Å². The quantitative estimate of drug-likeness (QED) is 0.512. The number of amides is 1. The van der Waals surface area contributed by atoms with Gasteiger partial charge in [0.1, 0.15) is 11.9 Å². The summed E-state index contributed by atoms with van der Waals surface area (Å²) in [4.78, 5) is 34.7. The molecule has 2 aliphatic heterocycles. The molecule has 14 heteroatoms. The lowest BCUT2D eigenvalue weighted by Crippen LogP contribution is -2.41. The Kier molecular flexibility index (Phi) is 8.94. The fraction of sp³-hybridized carbons (Fsp3) is 0.538. The zero-order chi connectivity index (χ0) is 29.0. The van der Waals surface area contributed by atoms with E-state index in [4.69, 9.17) is 24.6 Å². The highest BCUT2D eigenvalue weighted by molar-refractivity contribution is 5.74. The van der Waals surface area contributed by atoms with Gasteiger partial charge in [0.25, 0.3) is 0 Å². The average molecular weight is 572 g/mol. The first-order valence-electron chi connectivity index (χ1n) is 13.0. The van der Waals surface area contributed by atoms with Crippen LogP contribution in [0.1, 0.15) is 50.4 Å². The maximum absolute atomic E-state index is 14.0. The molecule has 1 amide bonds. The zero-order valence-electron chi connectivity index (χ0n) is 21.8. The number of aliphatic carboxylic acids is 1. The molecule has 0 bridgehead atoms. The fourth-order valence-corrected chi connectivity index (χ4v) is 4.59. The number of fused-ring (bicyclic) bond motifs is 1. The van der Waals surface area contributed by atoms with Gasteiger partial charge in [-0.3, -0.25) is 4.79 Å². The Morgan fingerprint density at radius 2 is 1.73 bits per heavy atom. The number of halogens is 5. The van der Waals surface area contributed by atoms with Crippen LogP contribution < -0.4 is 15.0 Å². The smallest absolute Gasteiger partial charge is 0.487 e. The summed E-state index contributed by atoms with van der Waals surface area (Å²) < 4.78 is 64.7. The maximum atomic E-state index is 14.0. The van der Waals surface area contributed by atoms with Gasteiger partial charge in [0.15, 0.2) is 23.2 Å². The van der Waals surface area contributed by atoms with Crippen molar-refractivity contribution >= 4 is 23.5 Å². The fourth-order valence-electron chi connectivity index (χ4n) is 4.59. The standard InChI is InChI=1S/C24H29F2N5O2.C2HF3O2/c1-15(32)31-12-9-20-21(14-31)28-23(27-17-3-2-4-17)24(29-20)30-10-7-18(8-11-30)33-22-6-5-16(25)13-19(22)26;3-2(4,5)1(6)7/h5-6,13,17-18H,2-4,7-12,14H2,1H3,(H,27,28);(H,6,7). The molecule has 0 atom stereocenters. The number of carboxylic acids is 1. The lowest BCUT2D eigenvalue weighted by Gasteiger charge is -2.36. The van der Waals surface area contributed by atoms with Crippen molar-refractivity contribution in [2.24, 2.45) is 0 Å². The molecule has 1 aliphatic carbocycles. The van der Waals surface area contributed by atoms with Crippen molar-refractivity contribution in [1.82, 2.24) is 14.9 Å². The van der Waals surface area contributed by atoms with Gasteiger partial charge in [-0.05, 0) is 31.4 Å². The lowest BCUT2D eigenvalue weighted by atomic mass is 9.93. The molecule has 2 aromatic rings. The van der Waals surface area contributed by atoms with E-state index in [1.54, 1.807) is 11.8 Å².